The van der Waals surface area contributed by atoms with Gasteiger partial charge in [0.1, 0.15) is 0 Å². The maximum atomic E-state index is 12.1. The van der Waals surface area contributed by atoms with Crippen LogP contribution >= 0.6 is 0 Å². The van der Waals surface area contributed by atoms with Crippen LogP contribution in [0.15, 0.2) is 23.8 Å². The lowest BCUT2D eigenvalue weighted by Crippen LogP contribution is -2.56. The topological polar surface area (TPSA) is 52.6 Å². The molecule has 4 heteroatoms. The fourth-order valence-corrected chi connectivity index (χ4v) is 4.18. The van der Waals surface area contributed by atoms with Crippen LogP contribution in [0.5, 0.6) is 0 Å². The van der Waals surface area contributed by atoms with Crippen molar-refractivity contribution in [3.05, 3.63) is 23.8 Å². The molecule has 0 aliphatic heterocycles. The Hall–Kier alpha value is -1.58. The molecule has 6 atom stereocenters. The predicted octanol–water partition coefficient (Wildman–Crippen LogP) is 1.57. The van der Waals surface area contributed by atoms with Crippen molar-refractivity contribution in [1.82, 2.24) is 0 Å². The summed E-state index contributed by atoms with van der Waals surface area (Å²) in [6, 6.07) is 0. The Kier molecular flexibility index (Phi) is 2.77. The van der Waals surface area contributed by atoms with Gasteiger partial charge in [-0.2, -0.15) is 0 Å². The van der Waals surface area contributed by atoms with Crippen LogP contribution in [0.25, 0.3) is 0 Å². The van der Waals surface area contributed by atoms with Gasteiger partial charge in [-0.05, 0) is 30.6 Å². The van der Waals surface area contributed by atoms with Crippen molar-refractivity contribution >= 4 is 11.9 Å². The van der Waals surface area contributed by atoms with Gasteiger partial charge in [0.2, 0.25) is 0 Å². The normalized spacial score (nSPS) is 41.9. The van der Waals surface area contributed by atoms with Gasteiger partial charge < -0.3 is 9.47 Å². The minimum atomic E-state index is -0.405. The number of fused-ring (bicyclic) bond motifs is 1. The Bertz CT molecular complexity index is 490. The first-order valence-corrected chi connectivity index (χ1v) is 6.62. The van der Waals surface area contributed by atoms with Gasteiger partial charge in [-0.25, -0.2) is 0 Å². The van der Waals surface area contributed by atoms with Crippen LogP contribution in [0.3, 0.4) is 0 Å². The van der Waals surface area contributed by atoms with E-state index in [1.165, 1.54) is 19.8 Å². The molecule has 2 bridgehead atoms. The molecule has 19 heavy (non-hydrogen) atoms. The molecule has 0 radical (unpaired) electrons. The maximum Gasteiger partial charge on any atom is 0.310 e. The van der Waals surface area contributed by atoms with Crippen LogP contribution in [-0.4, -0.2) is 26.2 Å². The first-order chi connectivity index (χ1) is 9.10. The van der Waals surface area contributed by atoms with E-state index in [-0.39, 0.29) is 23.8 Å². The van der Waals surface area contributed by atoms with E-state index in [2.05, 4.69) is 25.2 Å². The van der Waals surface area contributed by atoms with Crippen LogP contribution in [0, 0.1) is 35.5 Å². The Morgan fingerprint density at radius 1 is 0.947 bits per heavy atom. The maximum absolute atomic E-state index is 12.1. The SMILES string of the molecule is COC(=O)[C@@H]1[C@H]2C=C[C@@H]([C@H]3C=C(C)[C@H]32)[C@@H]1C(=O)OC. The van der Waals surface area contributed by atoms with E-state index in [1.54, 1.807) is 0 Å². The number of hydrogen-bond acceptors (Lipinski definition) is 4. The first-order valence-electron chi connectivity index (χ1n) is 6.62. The summed E-state index contributed by atoms with van der Waals surface area (Å²) in [5.74, 6) is -0.513. The van der Waals surface area contributed by atoms with Gasteiger partial charge in [0.25, 0.3) is 0 Å². The predicted molar refractivity (Wildman–Crippen MR) is 67.9 cm³/mol. The van der Waals surface area contributed by atoms with Crippen molar-refractivity contribution in [1.29, 1.82) is 0 Å². The summed E-state index contributed by atoms with van der Waals surface area (Å²) in [6.45, 7) is 2.09. The first kappa shape index (κ1) is 12.5. The third-order valence-corrected chi connectivity index (χ3v) is 4.97. The average molecular weight is 262 g/mol. The quantitative estimate of drug-likeness (QED) is 0.560. The monoisotopic (exact) mass is 262 g/mol. The molecule has 4 aliphatic rings. The minimum absolute atomic E-state index is 0.0650. The number of rotatable bonds is 2. The van der Waals surface area contributed by atoms with Gasteiger partial charge in [0.15, 0.2) is 0 Å². The number of allylic oxidation sites excluding steroid dienone is 4. The van der Waals surface area contributed by atoms with Crippen LogP contribution in [-0.2, 0) is 19.1 Å². The van der Waals surface area contributed by atoms with E-state index in [9.17, 15) is 9.59 Å². The molecule has 0 N–H and O–H groups in total. The summed E-state index contributed by atoms with van der Waals surface area (Å²) < 4.78 is 9.81. The summed E-state index contributed by atoms with van der Waals surface area (Å²) >= 11 is 0. The van der Waals surface area contributed by atoms with Crippen LogP contribution < -0.4 is 0 Å². The molecule has 0 aromatic heterocycles. The van der Waals surface area contributed by atoms with Gasteiger partial charge in [-0.1, -0.05) is 23.8 Å². The van der Waals surface area contributed by atoms with E-state index in [0.29, 0.717) is 11.8 Å². The van der Waals surface area contributed by atoms with Crippen molar-refractivity contribution in [3.63, 3.8) is 0 Å². The molecular formula is C15H18O4. The standard InChI is InChI=1S/C15H18O4/c1-7-6-10-8-4-5-9(11(7)10)13(15(17)19-3)12(8)14(16)18-2/h4-6,8-13H,1-3H3/t8-,9-,10+,11-,12-,13+/m0/s1. The van der Waals surface area contributed by atoms with E-state index < -0.39 is 11.8 Å². The Labute approximate surface area is 112 Å². The highest BCUT2D eigenvalue weighted by atomic mass is 16.5. The van der Waals surface area contributed by atoms with Crippen molar-refractivity contribution in [2.45, 2.75) is 6.92 Å². The second-order valence-electron chi connectivity index (χ2n) is 5.65. The summed E-state index contributed by atoms with van der Waals surface area (Å²) in [6.07, 6.45) is 6.38. The second kappa shape index (κ2) is 4.22. The zero-order valence-corrected chi connectivity index (χ0v) is 11.3. The number of methoxy groups -OCH3 is 2. The zero-order chi connectivity index (χ0) is 13.7. The largest absolute Gasteiger partial charge is 0.469 e. The molecule has 0 heterocycles. The van der Waals surface area contributed by atoms with Crippen molar-refractivity contribution in [3.8, 4) is 0 Å². The Morgan fingerprint density at radius 2 is 1.47 bits per heavy atom. The lowest BCUT2D eigenvalue weighted by atomic mass is 9.47. The number of esters is 2. The lowest BCUT2D eigenvalue weighted by Gasteiger charge is -2.55. The molecule has 0 aromatic rings. The fourth-order valence-electron chi connectivity index (χ4n) is 4.18. The van der Waals surface area contributed by atoms with Crippen molar-refractivity contribution < 1.29 is 19.1 Å². The fraction of sp³-hybridized carbons (Fsp3) is 0.600. The van der Waals surface area contributed by atoms with Crippen molar-refractivity contribution in [2.75, 3.05) is 14.2 Å². The molecule has 1 fully saturated rings. The summed E-state index contributed by atoms with van der Waals surface area (Å²) in [5.41, 5.74) is 1.32. The third-order valence-electron chi connectivity index (χ3n) is 4.97. The van der Waals surface area contributed by atoms with E-state index in [0.717, 1.165) is 0 Å². The molecular weight excluding hydrogens is 244 g/mol. The molecule has 0 unspecified atom stereocenters. The smallest absolute Gasteiger partial charge is 0.310 e. The molecule has 102 valence electrons. The highest BCUT2D eigenvalue weighted by Crippen LogP contribution is 2.59. The second-order valence-corrected chi connectivity index (χ2v) is 5.65. The van der Waals surface area contributed by atoms with Gasteiger partial charge in [-0.15, -0.1) is 0 Å². The van der Waals surface area contributed by atoms with Gasteiger partial charge in [-0.3, -0.25) is 9.59 Å². The minimum Gasteiger partial charge on any atom is -0.469 e. The molecule has 4 nitrogen and oxygen atoms in total. The molecule has 1 saturated carbocycles. The zero-order valence-electron chi connectivity index (χ0n) is 11.3. The number of carbonyl (C=O) groups is 2. The van der Waals surface area contributed by atoms with E-state index in [4.69, 9.17) is 9.47 Å². The van der Waals surface area contributed by atoms with Crippen LogP contribution in [0.4, 0.5) is 0 Å². The van der Waals surface area contributed by atoms with Crippen LogP contribution in [0.2, 0.25) is 0 Å². The molecule has 0 aromatic carbocycles. The van der Waals surface area contributed by atoms with Crippen LogP contribution in [0.1, 0.15) is 6.92 Å². The molecule has 4 rings (SSSR count). The Morgan fingerprint density at radius 3 is 2.00 bits per heavy atom. The van der Waals surface area contributed by atoms with Gasteiger partial charge >= 0.3 is 11.9 Å². The summed E-state index contributed by atoms with van der Waals surface area (Å²) in [7, 11) is 2.76. The summed E-state index contributed by atoms with van der Waals surface area (Å²) in [5, 5.41) is 0. The lowest BCUT2D eigenvalue weighted by molar-refractivity contribution is -0.168. The third kappa shape index (κ3) is 1.52. The Balaban J connectivity index is 2.01. The van der Waals surface area contributed by atoms with E-state index in [1.807, 2.05) is 0 Å². The number of ether oxygens (including phenoxy) is 2. The molecule has 0 saturated heterocycles. The van der Waals surface area contributed by atoms with Crippen molar-refractivity contribution in [2.24, 2.45) is 35.5 Å². The number of carbonyl (C=O) groups excluding carboxylic acids is 2. The van der Waals surface area contributed by atoms with E-state index >= 15 is 0 Å². The summed E-state index contributed by atoms with van der Waals surface area (Å²) in [4.78, 5) is 24.1. The highest BCUT2D eigenvalue weighted by Gasteiger charge is 2.59. The average Bonchev–Trinajstić information content (AvgIpc) is 2.42. The molecule has 0 spiro atoms. The number of hydrogen-bond donors (Lipinski definition) is 0. The van der Waals surface area contributed by atoms with Gasteiger partial charge in [0.05, 0.1) is 26.1 Å². The van der Waals surface area contributed by atoms with Gasteiger partial charge in [0, 0.05) is 0 Å². The molecule has 0 amide bonds. The molecule has 4 aliphatic carbocycles. The highest BCUT2D eigenvalue weighted by molar-refractivity contribution is 5.84.